The molecule has 0 saturated carbocycles. The number of nitrogens with zero attached hydrogens (tertiary/aromatic N) is 2. The van der Waals surface area contributed by atoms with Crippen molar-refractivity contribution in [3.63, 3.8) is 0 Å². The SMILES string of the molecule is CCS(=O)(=O)Nc1cc2oc(-c3ccnn3C(C)C)c(C(=O)NC)c2cc1B1OC(C)(C)C(C)(C)O1. The van der Waals surface area contributed by atoms with Crippen LogP contribution in [0.1, 0.15) is 64.9 Å². The number of sulfonamides is 1. The van der Waals surface area contributed by atoms with E-state index in [1.165, 1.54) is 0 Å². The third-order valence-corrected chi connectivity index (χ3v) is 8.15. The van der Waals surface area contributed by atoms with Gasteiger partial charge in [0, 0.05) is 36.2 Å². The second-order valence-electron chi connectivity index (χ2n) is 10.2. The summed E-state index contributed by atoms with van der Waals surface area (Å²) < 4.78 is 48.2. The van der Waals surface area contributed by atoms with Gasteiger partial charge in [0.1, 0.15) is 11.3 Å². The summed E-state index contributed by atoms with van der Waals surface area (Å²) >= 11 is 0. The molecule has 0 unspecified atom stereocenters. The highest BCUT2D eigenvalue weighted by Gasteiger charge is 2.52. The van der Waals surface area contributed by atoms with Gasteiger partial charge in [-0.1, -0.05) is 0 Å². The quantitative estimate of drug-likeness (QED) is 0.462. The van der Waals surface area contributed by atoms with E-state index >= 15 is 0 Å². The van der Waals surface area contributed by atoms with Crippen molar-refractivity contribution in [2.75, 3.05) is 17.5 Å². The van der Waals surface area contributed by atoms with Gasteiger partial charge < -0.3 is 19.0 Å². The lowest BCUT2D eigenvalue weighted by molar-refractivity contribution is 0.00578. The Labute approximate surface area is 211 Å². The van der Waals surface area contributed by atoms with Crippen LogP contribution >= 0.6 is 0 Å². The Bertz CT molecular complexity index is 1410. The molecule has 3 aromatic rings. The van der Waals surface area contributed by atoms with Crippen LogP contribution in [0, 0.1) is 0 Å². The molecule has 1 aromatic carbocycles. The number of benzene rings is 1. The maximum atomic E-state index is 13.1. The van der Waals surface area contributed by atoms with Crippen LogP contribution in [-0.2, 0) is 19.3 Å². The zero-order valence-corrected chi connectivity index (χ0v) is 22.7. The second kappa shape index (κ2) is 8.93. The highest BCUT2D eigenvalue weighted by Crippen LogP contribution is 2.39. The highest BCUT2D eigenvalue weighted by molar-refractivity contribution is 7.92. The van der Waals surface area contributed by atoms with E-state index < -0.39 is 28.3 Å². The van der Waals surface area contributed by atoms with Gasteiger partial charge in [0.05, 0.1) is 28.2 Å². The molecule has 0 aliphatic carbocycles. The summed E-state index contributed by atoms with van der Waals surface area (Å²) in [5.74, 6) is -0.123. The van der Waals surface area contributed by atoms with Crippen LogP contribution in [0.15, 0.2) is 28.8 Å². The molecule has 0 bridgehead atoms. The predicted octanol–water partition coefficient (Wildman–Crippen LogP) is 3.30. The number of furan rings is 1. The van der Waals surface area contributed by atoms with Crippen LogP contribution in [0.2, 0.25) is 0 Å². The first-order valence-electron chi connectivity index (χ1n) is 11.9. The van der Waals surface area contributed by atoms with E-state index in [1.807, 2.05) is 41.5 Å². The Morgan fingerprint density at radius 2 is 1.81 bits per heavy atom. The molecular weight excluding hydrogens is 483 g/mol. The molecule has 194 valence electrons. The number of aromatic nitrogens is 2. The van der Waals surface area contributed by atoms with Crippen molar-refractivity contribution in [2.24, 2.45) is 0 Å². The molecule has 0 atom stereocenters. The summed E-state index contributed by atoms with van der Waals surface area (Å²) in [5, 5.41) is 7.56. The lowest BCUT2D eigenvalue weighted by Crippen LogP contribution is -2.41. The van der Waals surface area contributed by atoms with Crippen molar-refractivity contribution in [1.29, 1.82) is 0 Å². The molecule has 1 aliphatic rings. The molecule has 1 amide bonds. The first-order chi connectivity index (χ1) is 16.7. The summed E-state index contributed by atoms with van der Waals surface area (Å²) in [4.78, 5) is 13.1. The van der Waals surface area contributed by atoms with Gasteiger partial charge in [-0.3, -0.25) is 14.2 Å². The molecule has 4 rings (SSSR count). The van der Waals surface area contributed by atoms with Gasteiger partial charge in [-0.2, -0.15) is 5.10 Å². The zero-order chi connectivity index (χ0) is 26.6. The van der Waals surface area contributed by atoms with E-state index in [0.717, 1.165) is 0 Å². The number of nitrogens with one attached hydrogen (secondary N) is 2. The van der Waals surface area contributed by atoms with Crippen LogP contribution in [0.5, 0.6) is 0 Å². The maximum Gasteiger partial charge on any atom is 0.497 e. The Balaban J connectivity index is 2.00. The first kappa shape index (κ1) is 26.2. The summed E-state index contributed by atoms with van der Waals surface area (Å²) in [7, 11) is -2.96. The molecule has 3 heterocycles. The molecule has 1 aliphatic heterocycles. The Morgan fingerprint density at radius 3 is 2.36 bits per heavy atom. The first-order valence-corrected chi connectivity index (χ1v) is 13.6. The lowest BCUT2D eigenvalue weighted by Gasteiger charge is -2.32. The minimum Gasteiger partial charge on any atom is -0.453 e. The van der Waals surface area contributed by atoms with Gasteiger partial charge in [-0.15, -0.1) is 0 Å². The number of hydrogen-bond donors (Lipinski definition) is 2. The molecule has 2 N–H and O–H groups in total. The number of rotatable bonds is 7. The predicted molar refractivity (Wildman–Crippen MR) is 140 cm³/mol. The standard InChI is InChI=1S/C24H33BN4O6S/c1-9-36(31,32)28-17-13-19-15(12-16(17)25-34-23(4,5)24(6,7)35-25)20(22(30)26-8)21(33-19)18-10-11-27-29(18)14(2)3/h10-14,28H,9H2,1-8H3,(H,26,30). The summed E-state index contributed by atoms with van der Waals surface area (Å²) in [6.07, 6.45) is 1.65. The molecule has 10 nitrogen and oxygen atoms in total. The largest absolute Gasteiger partial charge is 0.497 e. The van der Waals surface area contributed by atoms with E-state index in [0.29, 0.717) is 33.4 Å². The third-order valence-electron chi connectivity index (χ3n) is 6.86. The number of hydrogen-bond acceptors (Lipinski definition) is 7. The van der Waals surface area contributed by atoms with Crippen molar-refractivity contribution in [1.82, 2.24) is 15.1 Å². The Hall–Kier alpha value is -2.83. The lowest BCUT2D eigenvalue weighted by atomic mass is 9.77. The van der Waals surface area contributed by atoms with E-state index in [4.69, 9.17) is 13.7 Å². The van der Waals surface area contributed by atoms with Crippen molar-refractivity contribution >= 4 is 45.2 Å². The average Bonchev–Trinajstić information content (AvgIpc) is 3.46. The topological polar surface area (TPSA) is 125 Å². The van der Waals surface area contributed by atoms with Gasteiger partial charge >= 0.3 is 7.12 Å². The molecule has 0 spiro atoms. The summed E-state index contributed by atoms with van der Waals surface area (Å²) in [6.45, 7) is 13.2. The van der Waals surface area contributed by atoms with E-state index in [-0.39, 0.29) is 23.4 Å². The van der Waals surface area contributed by atoms with Gasteiger partial charge in [0.25, 0.3) is 5.91 Å². The zero-order valence-electron chi connectivity index (χ0n) is 21.9. The van der Waals surface area contributed by atoms with Gasteiger partial charge in [-0.25, -0.2) is 8.42 Å². The van der Waals surface area contributed by atoms with E-state index in [9.17, 15) is 13.2 Å². The van der Waals surface area contributed by atoms with E-state index in [2.05, 4.69) is 15.1 Å². The third kappa shape index (κ3) is 4.42. The van der Waals surface area contributed by atoms with Crippen LogP contribution < -0.4 is 15.5 Å². The van der Waals surface area contributed by atoms with Crippen molar-refractivity contribution in [3.8, 4) is 11.5 Å². The molecule has 12 heteroatoms. The molecule has 2 aromatic heterocycles. The second-order valence-corrected chi connectivity index (χ2v) is 12.2. The Morgan fingerprint density at radius 1 is 1.17 bits per heavy atom. The van der Waals surface area contributed by atoms with Crippen LogP contribution in [0.3, 0.4) is 0 Å². The van der Waals surface area contributed by atoms with Crippen LogP contribution in [0.25, 0.3) is 22.4 Å². The fourth-order valence-electron chi connectivity index (χ4n) is 4.09. The van der Waals surface area contributed by atoms with Crippen molar-refractivity contribution in [3.05, 3.63) is 30.0 Å². The smallest absolute Gasteiger partial charge is 0.453 e. The number of carbonyl (C=O) groups excluding carboxylic acids is 1. The van der Waals surface area contributed by atoms with E-state index in [1.54, 1.807) is 43.0 Å². The monoisotopic (exact) mass is 516 g/mol. The summed E-state index contributed by atoms with van der Waals surface area (Å²) in [5.41, 5.74) is 0.710. The number of carbonyl (C=O) groups is 1. The fourth-order valence-corrected chi connectivity index (χ4v) is 4.75. The van der Waals surface area contributed by atoms with Gasteiger partial charge in [-0.05, 0) is 60.6 Å². The van der Waals surface area contributed by atoms with Crippen LogP contribution in [0.4, 0.5) is 5.69 Å². The fraction of sp³-hybridized carbons (Fsp3) is 0.500. The minimum absolute atomic E-state index is 0.0213. The van der Waals surface area contributed by atoms with Crippen LogP contribution in [-0.4, -0.2) is 55.2 Å². The van der Waals surface area contributed by atoms with Gasteiger partial charge in [0.2, 0.25) is 10.0 Å². The molecule has 1 saturated heterocycles. The normalized spacial score (nSPS) is 17.2. The van der Waals surface area contributed by atoms with Crippen molar-refractivity contribution in [2.45, 2.75) is 65.7 Å². The molecular formula is C24H33BN4O6S. The Kier molecular flexibility index (Phi) is 6.51. The average molecular weight is 516 g/mol. The molecule has 36 heavy (non-hydrogen) atoms. The summed E-state index contributed by atoms with van der Waals surface area (Å²) in [6, 6.07) is 5.08. The van der Waals surface area contributed by atoms with Crippen molar-refractivity contribution < 1.29 is 26.9 Å². The number of fused-ring (bicyclic) bond motifs is 1. The number of anilines is 1. The molecule has 0 radical (unpaired) electrons. The van der Waals surface area contributed by atoms with Gasteiger partial charge in [0.15, 0.2) is 5.76 Å². The molecule has 1 fully saturated rings. The highest BCUT2D eigenvalue weighted by atomic mass is 32.2. The number of amides is 1. The maximum absolute atomic E-state index is 13.1. The minimum atomic E-state index is -3.63.